The quantitative estimate of drug-likeness (QED) is 0.402. The Hall–Kier alpha value is -4.96. The maximum atomic E-state index is 13.8. The van der Waals surface area contributed by atoms with Crippen LogP contribution < -0.4 is 10.2 Å². The Morgan fingerprint density at radius 3 is 2.07 bits per heavy atom. The van der Waals surface area contributed by atoms with Crippen LogP contribution >= 0.6 is 11.3 Å². The van der Waals surface area contributed by atoms with Crippen LogP contribution in [0.5, 0.6) is 0 Å². The van der Waals surface area contributed by atoms with E-state index in [4.69, 9.17) is 18.9 Å². The van der Waals surface area contributed by atoms with Crippen molar-refractivity contribution in [2.24, 2.45) is 0 Å². The van der Waals surface area contributed by atoms with Gasteiger partial charge in [0.05, 0.1) is 22.6 Å². The molecule has 1 unspecified atom stereocenters. The number of nitrogens with zero attached hydrogens (tertiary/aromatic N) is 5. The van der Waals surface area contributed by atoms with Crippen molar-refractivity contribution in [3.63, 3.8) is 0 Å². The van der Waals surface area contributed by atoms with Crippen molar-refractivity contribution in [1.29, 1.82) is 0 Å². The van der Waals surface area contributed by atoms with Crippen LogP contribution in [0, 0.1) is 5.82 Å². The number of nitrogens with one attached hydrogen (secondary N) is 1. The molecule has 3 aliphatic rings. The van der Waals surface area contributed by atoms with E-state index in [2.05, 4.69) is 20.3 Å². The van der Waals surface area contributed by atoms with Crippen molar-refractivity contribution >= 4 is 56.5 Å². The monoisotopic (exact) mass is 610 g/mol. The van der Waals surface area contributed by atoms with Gasteiger partial charge in [0.1, 0.15) is 0 Å². The summed E-state index contributed by atoms with van der Waals surface area (Å²) in [5.74, 6) is -10.9. The van der Waals surface area contributed by atoms with Gasteiger partial charge < -0.3 is 24.3 Å². The Kier molecular flexibility index (Phi) is 7.23. The molecular weight excluding hydrogens is 587 g/mol. The van der Waals surface area contributed by atoms with Crippen molar-refractivity contribution in [1.82, 2.24) is 19.9 Å². The molecule has 43 heavy (non-hydrogen) atoms. The summed E-state index contributed by atoms with van der Waals surface area (Å²) in [6.07, 6.45) is 5.45. The van der Waals surface area contributed by atoms with Crippen LogP contribution in [0.2, 0.25) is 0 Å². The van der Waals surface area contributed by atoms with Gasteiger partial charge in [0.2, 0.25) is 5.95 Å². The van der Waals surface area contributed by atoms with E-state index in [0.29, 0.717) is 11.6 Å². The molecule has 0 bridgehead atoms. The summed E-state index contributed by atoms with van der Waals surface area (Å²) < 4.78 is 37.6. The normalized spacial score (nSPS) is 20.3. The van der Waals surface area contributed by atoms with E-state index in [1.54, 1.807) is 0 Å². The lowest BCUT2D eigenvalue weighted by atomic mass is 10.1. The van der Waals surface area contributed by atoms with E-state index < -0.39 is 47.6 Å². The average molecular weight is 611 g/mol. The number of para-hydroxylation sites is 1. The number of thiazole rings is 1. The first kappa shape index (κ1) is 28.2. The van der Waals surface area contributed by atoms with Crippen molar-refractivity contribution in [2.45, 2.75) is 31.2 Å². The molecule has 0 radical (unpaired) electrons. The number of carbonyl (C=O) groups is 4. The molecule has 3 aliphatic heterocycles. The minimum absolute atomic E-state index is 0.00931. The summed E-state index contributed by atoms with van der Waals surface area (Å²) in [5, 5.41) is 3.97. The molecule has 2 spiro atoms. The summed E-state index contributed by atoms with van der Waals surface area (Å²) in [7, 11) is 0. The van der Waals surface area contributed by atoms with Crippen LogP contribution in [-0.4, -0.2) is 81.2 Å². The zero-order chi connectivity index (χ0) is 30.2. The molecule has 222 valence electrons. The first-order valence-corrected chi connectivity index (χ1v) is 13.9. The van der Waals surface area contributed by atoms with Gasteiger partial charge in [-0.05, 0) is 18.6 Å². The van der Waals surface area contributed by atoms with Gasteiger partial charge in [0.15, 0.2) is 10.9 Å². The molecule has 0 amide bonds. The molecule has 1 saturated heterocycles. The molecule has 1 N–H and O–H groups in total. The molecule has 5 heterocycles. The molecule has 2 aromatic heterocycles. The summed E-state index contributed by atoms with van der Waals surface area (Å²) in [6.45, 7) is 1.77. The smallest absolute Gasteiger partial charge is 0.397 e. The number of esters is 4. The second kappa shape index (κ2) is 11.0. The number of piperazine rings is 1. The molecule has 1 fully saturated rings. The van der Waals surface area contributed by atoms with E-state index in [-0.39, 0.29) is 25.6 Å². The van der Waals surface area contributed by atoms with Crippen LogP contribution in [0.25, 0.3) is 10.2 Å². The molecule has 16 heteroatoms. The zero-order valence-corrected chi connectivity index (χ0v) is 23.3. The van der Waals surface area contributed by atoms with Gasteiger partial charge in [-0.15, -0.1) is 0 Å². The molecule has 14 nitrogen and oxygen atoms in total. The number of ether oxygens (including phenoxy) is 4. The standard InChI is InChI=1S/C27H23FN6O8S/c1-2-17(31-25-32-18-5-3-4-6-19(18)43-25)15-33-11-12-34(24-29-13-16(28)14-30-24)27(41-22(37)9-10-23(38)42-27)26(33)39-20(35)7-8-21(36)40-26/h3-10,13-14,17H,2,11-12,15H2,1H3,(H,31,32). The highest BCUT2D eigenvalue weighted by atomic mass is 32.1. The lowest BCUT2D eigenvalue weighted by Gasteiger charge is -2.55. The van der Waals surface area contributed by atoms with Gasteiger partial charge in [-0.2, -0.15) is 0 Å². The first-order valence-electron chi connectivity index (χ1n) is 13.1. The fourth-order valence-electron chi connectivity index (χ4n) is 4.92. The number of benzene rings is 1. The van der Waals surface area contributed by atoms with E-state index in [1.165, 1.54) is 16.2 Å². The molecule has 3 aromatic rings. The van der Waals surface area contributed by atoms with E-state index in [1.807, 2.05) is 31.2 Å². The number of halogens is 1. The molecule has 1 aromatic carbocycles. The summed E-state index contributed by atoms with van der Waals surface area (Å²) in [6, 6.07) is 7.21. The minimum Gasteiger partial charge on any atom is -0.397 e. The van der Waals surface area contributed by atoms with Crippen molar-refractivity contribution in [3.8, 4) is 0 Å². The maximum absolute atomic E-state index is 13.8. The third-order valence-corrected chi connectivity index (χ3v) is 7.80. The Labute approximate surface area is 246 Å². The average Bonchev–Trinajstić information content (AvgIpc) is 3.24. The number of hydrogen-bond acceptors (Lipinski definition) is 15. The van der Waals surface area contributed by atoms with Crippen molar-refractivity contribution in [2.75, 3.05) is 29.9 Å². The zero-order valence-electron chi connectivity index (χ0n) is 22.5. The molecule has 6 rings (SSSR count). The Morgan fingerprint density at radius 2 is 1.49 bits per heavy atom. The lowest BCUT2D eigenvalue weighted by Crippen LogP contribution is -2.81. The Morgan fingerprint density at radius 1 is 0.907 bits per heavy atom. The minimum atomic E-state index is -2.80. The van der Waals surface area contributed by atoms with E-state index in [9.17, 15) is 23.6 Å². The first-order chi connectivity index (χ1) is 20.7. The third kappa shape index (κ3) is 5.14. The second-order valence-electron chi connectivity index (χ2n) is 9.55. The SMILES string of the molecule is CCC(CN1CCN(c2ncc(F)cn2)C2(OC(=O)C=CC(=O)O2)C12OC(=O)C=CC(=O)O2)Nc1nc2ccccc2s1. The van der Waals surface area contributed by atoms with Crippen LogP contribution in [0.15, 0.2) is 61.0 Å². The van der Waals surface area contributed by atoms with Crippen LogP contribution in [-0.2, 0) is 38.1 Å². The predicted molar refractivity (Wildman–Crippen MR) is 146 cm³/mol. The topological polar surface area (TPSA) is 162 Å². The number of rotatable bonds is 6. The van der Waals surface area contributed by atoms with Gasteiger partial charge in [-0.1, -0.05) is 30.4 Å². The Bertz CT molecular complexity index is 1590. The second-order valence-corrected chi connectivity index (χ2v) is 10.6. The van der Waals surface area contributed by atoms with E-state index >= 15 is 0 Å². The summed E-state index contributed by atoms with van der Waals surface area (Å²) in [5.41, 5.74) is 0.802. The fraction of sp³-hybridized carbons (Fsp3) is 0.296. The highest BCUT2D eigenvalue weighted by Gasteiger charge is 2.75. The molecule has 0 saturated carbocycles. The largest absolute Gasteiger partial charge is 0.445 e. The number of aromatic nitrogens is 3. The maximum Gasteiger partial charge on any atom is 0.445 e. The number of hydrogen-bond donors (Lipinski definition) is 1. The third-order valence-electron chi connectivity index (χ3n) is 6.83. The van der Waals surface area contributed by atoms with Crippen LogP contribution in [0.3, 0.4) is 0 Å². The predicted octanol–water partition coefficient (Wildman–Crippen LogP) is 1.86. The number of fused-ring (bicyclic) bond motifs is 2. The summed E-state index contributed by atoms with van der Waals surface area (Å²) in [4.78, 5) is 66.8. The Balaban J connectivity index is 1.45. The van der Waals surface area contributed by atoms with Gasteiger partial charge in [-0.25, -0.2) is 43.4 Å². The number of carbonyl (C=O) groups excluding carboxylic acids is 4. The highest BCUT2D eigenvalue weighted by Crippen LogP contribution is 2.45. The van der Waals surface area contributed by atoms with Crippen LogP contribution in [0.4, 0.5) is 15.5 Å². The number of anilines is 2. The summed E-state index contributed by atoms with van der Waals surface area (Å²) >= 11 is 1.43. The van der Waals surface area contributed by atoms with E-state index in [0.717, 1.165) is 51.8 Å². The highest BCUT2D eigenvalue weighted by molar-refractivity contribution is 7.22. The van der Waals surface area contributed by atoms with Crippen molar-refractivity contribution in [3.05, 3.63) is 66.8 Å². The van der Waals surface area contributed by atoms with Crippen LogP contribution in [0.1, 0.15) is 13.3 Å². The molecule has 0 aliphatic carbocycles. The van der Waals surface area contributed by atoms with Gasteiger partial charge in [-0.3, -0.25) is 4.90 Å². The van der Waals surface area contributed by atoms with Gasteiger partial charge >= 0.3 is 35.7 Å². The van der Waals surface area contributed by atoms with Crippen molar-refractivity contribution < 1.29 is 42.5 Å². The lowest BCUT2D eigenvalue weighted by molar-refractivity contribution is -0.416. The van der Waals surface area contributed by atoms with Gasteiger partial charge in [0, 0.05) is 50.0 Å². The van der Waals surface area contributed by atoms with Gasteiger partial charge in [0.25, 0.3) is 0 Å². The fourth-order valence-corrected chi connectivity index (χ4v) is 5.86. The molecular formula is C27H23FN6O8S. The molecule has 1 atom stereocenters.